The molecule has 5 nitrogen and oxygen atoms in total. The number of carbonyl (C=O) groups is 1. The zero-order valence-corrected chi connectivity index (χ0v) is 23.2. The van der Waals surface area contributed by atoms with Gasteiger partial charge in [0.2, 0.25) is 0 Å². The molecule has 0 radical (unpaired) electrons. The van der Waals surface area contributed by atoms with Crippen LogP contribution in [-0.4, -0.2) is 29.1 Å². The first kappa shape index (κ1) is 27.0. The van der Waals surface area contributed by atoms with Crippen molar-refractivity contribution in [3.63, 3.8) is 0 Å². The van der Waals surface area contributed by atoms with E-state index in [2.05, 4.69) is 13.0 Å². The van der Waals surface area contributed by atoms with Crippen molar-refractivity contribution in [2.45, 2.75) is 58.1 Å². The Hall–Kier alpha value is -3.58. The van der Waals surface area contributed by atoms with Gasteiger partial charge < -0.3 is 9.47 Å². The molecule has 3 aromatic rings. The number of hydrogen-bond donors (Lipinski definition) is 0. The molecule has 1 aliphatic carbocycles. The van der Waals surface area contributed by atoms with E-state index in [-0.39, 0.29) is 17.8 Å². The van der Waals surface area contributed by atoms with Gasteiger partial charge in [0.15, 0.2) is 16.7 Å². The molecule has 7 heteroatoms. The van der Waals surface area contributed by atoms with Crippen LogP contribution in [0.3, 0.4) is 0 Å². The number of halogens is 1. The molecule has 0 N–H and O–H groups in total. The van der Waals surface area contributed by atoms with Gasteiger partial charge in [-0.1, -0.05) is 62.6 Å². The average molecular weight is 545 g/mol. The highest BCUT2D eigenvalue weighted by Crippen LogP contribution is 2.40. The highest BCUT2D eigenvalue weighted by Gasteiger charge is 2.38. The summed E-state index contributed by atoms with van der Waals surface area (Å²) >= 11 is 1.44. The average Bonchev–Trinajstić information content (AvgIpc) is 3.27. The summed E-state index contributed by atoms with van der Waals surface area (Å²) in [6.07, 6.45) is 8.27. The molecule has 2 fully saturated rings. The quantitative estimate of drug-likeness (QED) is 0.270. The monoisotopic (exact) mass is 544 g/mol. The minimum absolute atomic E-state index is 0.00947. The van der Waals surface area contributed by atoms with Crippen LogP contribution in [0.5, 0.6) is 11.5 Å². The summed E-state index contributed by atoms with van der Waals surface area (Å²) < 4.78 is 24.7. The van der Waals surface area contributed by atoms with Crippen molar-refractivity contribution in [1.29, 1.82) is 0 Å². The lowest BCUT2D eigenvalue weighted by Gasteiger charge is -2.30. The SMILES string of the molecule is CCc1ccccc1N=C1S/C(=C/c2ccc(OCc3ccc(F)cc3)c(OC)c2)C(=O)N1C1CCCCC1. The van der Waals surface area contributed by atoms with E-state index < -0.39 is 0 Å². The first-order chi connectivity index (χ1) is 19.1. The topological polar surface area (TPSA) is 51.1 Å². The van der Waals surface area contributed by atoms with Gasteiger partial charge in [0, 0.05) is 6.04 Å². The van der Waals surface area contributed by atoms with E-state index in [1.54, 1.807) is 19.2 Å². The van der Waals surface area contributed by atoms with Gasteiger partial charge in [-0.15, -0.1) is 0 Å². The largest absolute Gasteiger partial charge is 0.493 e. The molecule has 0 aromatic heterocycles. The zero-order valence-electron chi connectivity index (χ0n) is 22.4. The fraction of sp³-hybridized carbons (Fsp3) is 0.312. The van der Waals surface area contributed by atoms with Crippen molar-refractivity contribution in [2.24, 2.45) is 4.99 Å². The Morgan fingerprint density at radius 2 is 1.79 bits per heavy atom. The molecule has 0 bridgehead atoms. The van der Waals surface area contributed by atoms with Gasteiger partial charge in [-0.25, -0.2) is 9.38 Å². The second kappa shape index (κ2) is 12.5. The first-order valence-electron chi connectivity index (χ1n) is 13.5. The number of rotatable bonds is 8. The van der Waals surface area contributed by atoms with Crippen molar-refractivity contribution in [2.75, 3.05) is 7.11 Å². The van der Waals surface area contributed by atoms with E-state index in [1.807, 2.05) is 47.4 Å². The first-order valence-corrected chi connectivity index (χ1v) is 14.3. The molecule has 3 aromatic carbocycles. The lowest BCUT2D eigenvalue weighted by Crippen LogP contribution is -2.40. The van der Waals surface area contributed by atoms with Crippen LogP contribution < -0.4 is 9.47 Å². The number of hydrogen-bond acceptors (Lipinski definition) is 5. The van der Waals surface area contributed by atoms with Gasteiger partial charge in [0.25, 0.3) is 5.91 Å². The van der Waals surface area contributed by atoms with Gasteiger partial charge in [0.05, 0.1) is 17.7 Å². The molecule has 39 heavy (non-hydrogen) atoms. The molecular formula is C32H33FN2O3S. The fourth-order valence-corrected chi connectivity index (χ4v) is 6.09. The van der Waals surface area contributed by atoms with E-state index in [0.29, 0.717) is 23.0 Å². The van der Waals surface area contributed by atoms with Gasteiger partial charge in [0.1, 0.15) is 12.4 Å². The molecule has 0 spiro atoms. The van der Waals surface area contributed by atoms with Gasteiger partial charge >= 0.3 is 0 Å². The van der Waals surface area contributed by atoms with E-state index in [1.165, 1.54) is 35.9 Å². The van der Waals surface area contributed by atoms with Crippen LogP contribution in [0.1, 0.15) is 55.7 Å². The second-order valence-electron chi connectivity index (χ2n) is 9.78. The van der Waals surface area contributed by atoms with Crippen molar-refractivity contribution < 1.29 is 18.7 Å². The Kier molecular flexibility index (Phi) is 8.67. The maximum Gasteiger partial charge on any atom is 0.267 e. The third kappa shape index (κ3) is 6.36. The summed E-state index contributed by atoms with van der Waals surface area (Å²) in [6.45, 7) is 2.41. The number of benzene rings is 3. The zero-order chi connectivity index (χ0) is 27.2. The molecule has 5 rings (SSSR count). The molecule has 202 valence electrons. The van der Waals surface area contributed by atoms with Gasteiger partial charge in [-0.3, -0.25) is 9.69 Å². The maximum absolute atomic E-state index is 13.7. The van der Waals surface area contributed by atoms with Crippen LogP contribution >= 0.6 is 11.8 Å². The second-order valence-corrected chi connectivity index (χ2v) is 10.8. The normalized spacial score (nSPS) is 18.2. The van der Waals surface area contributed by atoms with Crippen LogP contribution in [0.2, 0.25) is 0 Å². The third-order valence-electron chi connectivity index (χ3n) is 7.16. The van der Waals surface area contributed by atoms with Crippen LogP contribution in [0.25, 0.3) is 6.08 Å². The Labute approximate surface area is 233 Å². The summed E-state index contributed by atoms with van der Waals surface area (Å²) in [5.41, 5.74) is 3.79. The molecule has 1 amide bonds. The number of para-hydroxylation sites is 1. The number of amides is 1. The van der Waals surface area contributed by atoms with E-state index >= 15 is 0 Å². The molecular weight excluding hydrogens is 511 g/mol. The van der Waals surface area contributed by atoms with Crippen molar-refractivity contribution in [3.05, 3.63) is 94.1 Å². The number of nitrogens with zero attached hydrogens (tertiary/aromatic N) is 2. The minimum Gasteiger partial charge on any atom is -0.493 e. The van der Waals surface area contributed by atoms with Crippen LogP contribution in [0.15, 0.2) is 76.6 Å². The molecule has 1 saturated heterocycles. The number of methoxy groups -OCH3 is 1. The highest BCUT2D eigenvalue weighted by atomic mass is 32.2. The summed E-state index contributed by atoms with van der Waals surface area (Å²) in [5, 5.41) is 0.755. The van der Waals surface area contributed by atoms with E-state index in [0.717, 1.165) is 54.1 Å². The van der Waals surface area contributed by atoms with E-state index in [4.69, 9.17) is 14.5 Å². The smallest absolute Gasteiger partial charge is 0.267 e. The number of amidine groups is 1. The Morgan fingerprint density at radius 3 is 2.54 bits per heavy atom. The minimum atomic E-state index is -0.280. The number of ether oxygens (including phenoxy) is 2. The predicted octanol–water partition coefficient (Wildman–Crippen LogP) is 7.91. The summed E-state index contributed by atoms with van der Waals surface area (Å²) in [7, 11) is 1.59. The Balaban J connectivity index is 1.41. The standard InChI is InChI=1S/C32H33FN2O3S/c1-3-24-9-7-8-12-27(24)34-32-35(26-10-5-4-6-11-26)31(36)30(39-32)20-23-15-18-28(29(19-23)37-2)38-21-22-13-16-25(33)17-14-22/h7-9,12-20,26H,3-6,10-11,21H2,1-2H3/b30-20+,34-32?. The molecule has 1 saturated carbocycles. The maximum atomic E-state index is 13.7. The molecule has 0 atom stereocenters. The van der Waals surface area contributed by atoms with Crippen LogP contribution in [0.4, 0.5) is 10.1 Å². The van der Waals surface area contributed by atoms with Crippen LogP contribution in [-0.2, 0) is 17.8 Å². The highest BCUT2D eigenvalue weighted by molar-refractivity contribution is 8.18. The Morgan fingerprint density at radius 1 is 1.03 bits per heavy atom. The van der Waals surface area contributed by atoms with Crippen molar-refractivity contribution in [3.8, 4) is 11.5 Å². The Bertz CT molecular complexity index is 1380. The van der Waals surface area contributed by atoms with Crippen molar-refractivity contribution >= 4 is 34.6 Å². The van der Waals surface area contributed by atoms with E-state index in [9.17, 15) is 9.18 Å². The van der Waals surface area contributed by atoms with Crippen molar-refractivity contribution in [1.82, 2.24) is 4.90 Å². The number of thioether (sulfide) groups is 1. The summed E-state index contributed by atoms with van der Waals surface area (Å²) in [6, 6.07) is 20.1. The summed E-state index contributed by atoms with van der Waals surface area (Å²) in [5.74, 6) is 0.876. The van der Waals surface area contributed by atoms with Gasteiger partial charge in [-0.2, -0.15) is 0 Å². The predicted molar refractivity (Wildman–Crippen MR) is 156 cm³/mol. The number of aliphatic imine (C=N–C) groups is 1. The molecule has 0 unspecified atom stereocenters. The molecule has 2 aliphatic rings. The van der Waals surface area contributed by atoms with Gasteiger partial charge in [-0.05, 0) is 84.1 Å². The lowest BCUT2D eigenvalue weighted by molar-refractivity contribution is -0.124. The number of carbonyl (C=O) groups excluding carboxylic acids is 1. The number of aryl methyl sites for hydroxylation is 1. The lowest BCUT2D eigenvalue weighted by atomic mass is 9.94. The third-order valence-corrected chi connectivity index (χ3v) is 8.14. The molecule has 1 heterocycles. The molecule has 1 aliphatic heterocycles. The fourth-order valence-electron chi connectivity index (χ4n) is 5.03. The van der Waals surface area contributed by atoms with Crippen LogP contribution in [0, 0.1) is 5.82 Å². The summed E-state index contributed by atoms with van der Waals surface area (Å²) in [4.78, 5) is 21.3.